The number of rotatable bonds is 3. The van der Waals surface area contributed by atoms with Gasteiger partial charge in [0, 0.05) is 57.7 Å². The van der Waals surface area contributed by atoms with E-state index in [1.165, 1.54) is 7.11 Å². The third-order valence-corrected chi connectivity index (χ3v) is 4.77. The fraction of sp³-hybridized carbons (Fsp3) is 0.357. The molecule has 8 heteroatoms. The van der Waals surface area contributed by atoms with Crippen molar-refractivity contribution >= 4 is 20.1 Å². The first-order valence-corrected chi connectivity index (χ1v) is 8.34. The highest BCUT2D eigenvalue weighted by Gasteiger charge is 2.26. The molecule has 0 fully saturated rings. The number of aromatic nitrogens is 2. The summed E-state index contributed by atoms with van der Waals surface area (Å²) in [6.45, 7) is 2.90. The molecular formula is C14H17N4O3P. The molecule has 22 heavy (non-hydrogen) atoms. The minimum absolute atomic E-state index is 0.0193. The Kier molecular flexibility index (Phi) is 3.74. The third-order valence-electron chi connectivity index (χ3n) is 3.96. The van der Waals surface area contributed by atoms with Crippen molar-refractivity contribution in [2.75, 3.05) is 32.3 Å². The van der Waals surface area contributed by atoms with E-state index in [0.29, 0.717) is 8.73 Å². The first-order valence-electron chi connectivity index (χ1n) is 6.89. The van der Waals surface area contributed by atoms with Crippen LogP contribution in [0.1, 0.15) is 5.69 Å². The molecule has 2 aromatic rings. The first-order chi connectivity index (χ1) is 10.6. The molecule has 0 spiro atoms. The van der Waals surface area contributed by atoms with Crippen molar-refractivity contribution in [3.63, 3.8) is 0 Å². The van der Waals surface area contributed by atoms with E-state index in [0.717, 1.165) is 35.5 Å². The summed E-state index contributed by atoms with van der Waals surface area (Å²) in [4.78, 5) is 13.0. The number of likely N-dealkylation sites (N-methyl/N-ethyl adjacent to an activating group) is 1. The van der Waals surface area contributed by atoms with Crippen molar-refractivity contribution in [2.24, 2.45) is 0 Å². The molecule has 3 rings (SSSR count). The Bertz CT molecular complexity index is 744. The van der Waals surface area contributed by atoms with E-state index in [4.69, 9.17) is 4.74 Å². The summed E-state index contributed by atoms with van der Waals surface area (Å²) < 4.78 is 7.17. The number of hydrogen-bond donors (Lipinski definition) is 0. The van der Waals surface area contributed by atoms with Gasteiger partial charge in [0.25, 0.3) is 0 Å². The number of nitrogens with zero attached hydrogens (tertiary/aromatic N) is 4. The molecular weight excluding hydrogens is 303 g/mol. The summed E-state index contributed by atoms with van der Waals surface area (Å²) in [5.41, 5.74) is 3.85. The second kappa shape index (κ2) is 5.57. The van der Waals surface area contributed by atoms with Gasteiger partial charge in [-0.3, -0.25) is 14.6 Å². The van der Waals surface area contributed by atoms with Gasteiger partial charge in [-0.25, -0.2) is 0 Å². The molecule has 1 atom stereocenters. The Balaban J connectivity index is 2.28. The van der Waals surface area contributed by atoms with Crippen LogP contribution in [0.5, 0.6) is 5.75 Å². The Morgan fingerprint density at radius 1 is 1.41 bits per heavy atom. The lowest BCUT2D eigenvalue weighted by Crippen LogP contribution is -2.20. The summed E-state index contributed by atoms with van der Waals surface area (Å²) in [5, 5.41) is 15.7. The van der Waals surface area contributed by atoms with Crippen molar-refractivity contribution in [3.8, 4) is 16.9 Å². The highest BCUT2D eigenvalue weighted by molar-refractivity contribution is 7.35. The Hall–Kier alpha value is -2.14. The topological polar surface area (TPSA) is 73.4 Å². The Labute approximate surface area is 129 Å². The number of nitro benzene ring substituents is 1. The molecule has 0 amide bonds. The van der Waals surface area contributed by atoms with Crippen LogP contribution < -0.4 is 9.64 Å². The largest absolute Gasteiger partial charge is 0.490 e. The summed E-state index contributed by atoms with van der Waals surface area (Å²) in [6, 6.07) is 3.34. The van der Waals surface area contributed by atoms with Crippen molar-refractivity contribution in [2.45, 2.75) is 6.42 Å². The molecule has 0 radical (unpaired) electrons. The molecule has 1 unspecified atom stereocenters. The molecule has 1 aromatic carbocycles. The van der Waals surface area contributed by atoms with Crippen molar-refractivity contribution < 1.29 is 9.66 Å². The van der Waals surface area contributed by atoms with E-state index in [1.54, 1.807) is 18.3 Å². The lowest BCUT2D eigenvalue weighted by atomic mass is 10.0. The van der Waals surface area contributed by atoms with Gasteiger partial charge in [-0.05, 0) is 6.66 Å². The van der Waals surface area contributed by atoms with Crippen LogP contribution in [0, 0.1) is 10.1 Å². The normalized spacial score (nSPS) is 13.9. The lowest BCUT2D eigenvalue weighted by Gasteiger charge is -2.20. The summed E-state index contributed by atoms with van der Waals surface area (Å²) >= 11 is 0. The number of methoxy groups -OCH3 is 1. The number of hydrogen-bond acceptors (Lipinski definition) is 5. The summed E-state index contributed by atoms with van der Waals surface area (Å²) in [7, 11) is 3.98. The molecule has 0 N–H and O–H groups in total. The van der Waals surface area contributed by atoms with E-state index in [-0.39, 0.29) is 11.4 Å². The second-order valence-electron chi connectivity index (χ2n) is 5.11. The summed E-state index contributed by atoms with van der Waals surface area (Å²) in [5.74, 6) is 0.281. The van der Waals surface area contributed by atoms with Gasteiger partial charge in [0.1, 0.15) is 0 Å². The van der Waals surface area contributed by atoms with E-state index < -0.39 is 4.92 Å². The van der Waals surface area contributed by atoms with E-state index >= 15 is 0 Å². The minimum atomic E-state index is -0.407. The van der Waals surface area contributed by atoms with E-state index in [1.807, 2.05) is 11.5 Å². The van der Waals surface area contributed by atoms with Crippen LogP contribution in [0.15, 0.2) is 18.3 Å². The van der Waals surface area contributed by atoms with Crippen molar-refractivity contribution in [1.82, 2.24) is 9.55 Å². The minimum Gasteiger partial charge on any atom is -0.490 e. The molecule has 0 saturated carbocycles. The van der Waals surface area contributed by atoms with Crippen LogP contribution in [0.2, 0.25) is 0 Å². The SMILES string of the molecule is COc1cc2c(cc1[N+](=O)[O-])-c1cnn(PC)c1CCN2C. The maximum absolute atomic E-state index is 11.3. The number of ether oxygens (including phenoxy) is 1. The molecule has 0 aliphatic carbocycles. The fourth-order valence-electron chi connectivity index (χ4n) is 2.82. The molecule has 2 heterocycles. The van der Waals surface area contributed by atoms with Crippen LogP contribution in [0.25, 0.3) is 11.1 Å². The zero-order valence-corrected chi connectivity index (χ0v) is 13.7. The molecule has 0 bridgehead atoms. The third kappa shape index (κ3) is 2.22. The van der Waals surface area contributed by atoms with Crippen molar-refractivity contribution in [1.29, 1.82) is 0 Å². The highest BCUT2D eigenvalue weighted by atomic mass is 31.1. The molecule has 1 aromatic heterocycles. The molecule has 0 saturated heterocycles. The number of anilines is 1. The van der Waals surface area contributed by atoms with Gasteiger partial charge in [-0.2, -0.15) is 5.10 Å². The van der Waals surface area contributed by atoms with Gasteiger partial charge in [-0.15, -0.1) is 0 Å². The highest BCUT2D eigenvalue weighted by Crippen LogP contribution is 2.43. The van der Waals surface area contributed by atoms with Crippen molar-refractivity contribution in [3.05, 3.63) is 34.1 Å². The van der Waals surface area contributed by atoms with Crippen LogP contribution in [-0.4, -0.2) is 41.8 Å². The van der Waals surface area contributed by atoms with Gasteiger partial charge in [0.15, 0.2) is 5.75 Å². The maximum Gasteiger partial charge on any atom is 0.311 e. The second-order valence-corrected chi connectivity index (χ2v) is 5.98. The number of nitro groups is 1. The molecule has 1 aliphatic heterocycles. The summed E-state index contributed by atoms with van der Waals surface area (Å²) in [6.07, 6.45) is 2.66. The van der Waals surface area contributed by atoms with Crippen LogP contribution in [-0.2, 0) is 6.42 Å². The first kappa shape index (κ1) is 14.8. The van der Waals surface area contributed by atoms with Crippen LogP contribution in [0.3, 0.4) is 0 Å². The zero-order chi connectivity index (χ0) is 15.9. The van der Waals surface area contributed by atoms with Gasteiger partial charge < -0.3 is 9.64 Å². The monoisotopic (exact) mass is 320 g/mol. The maximum atomic E-state index is 11.3. The van der Waals surface area contributed by atoms with Crippen LogP contribution in [0.4, 0.5) is 11.4 Å². The smallest absolute Gasteiger partial charge is 0.311 e. The predicted molar refractivity (Wildman–Crippen MR) is 87.5 cm³/mol. The Morgan fingerprint density at radius 3 is 2.82 bits per heavy atom. The number of fused-ring (bicyclic) bond motifs is 3. The molecule has 7 nitrogen and oxygen atoms in total. The van der Waals surface area contributed by atoms with Gasteiger partial charge >= 0.3 is 5.69 Å². The standard InChI is InChI=1S/C14H17N4O3P/c1-16-5-4-11-10(8-15-17(11)22-3)9-6-13(18(19)20)14(21-2)7-12(9)16/h6-8,22H,4-5H2,1-3H3. The van der Waals surface area contributed by atoms with Gasteiger partial charge in [0.2, 0.25) is 0 Å². The molecule has 1 aliphatic rings. The van der Waals surface area contributed by atoms with E-state index in [2.05, 4.69) is 16.7 Å². The van der Waals surface area contributed by atoms with Gasteiger partial charge in [-0.1, -0.05) is 0 Å². The zero-order valence-electron chi connectivity index (χ0n) is 12.7. The Morgan fingerprint density at radius 2 is 2.18 bits per heavy atom. The molecule has 116 valence electrons. The average molecular weight is 320 g/mol. The lowest BCUT2D eigenvalue weighted by molar-refractivity contribution is -0.385. The van der Waals surface area contributed by atoms with Crippen LogP contribution >= 0.6 is 8.73 Å². The number of benzene rings is 1. The van der Waals surface area contributed by atoms with E-state index in [9.17, 15) is 10.1 Å². The van der Waals surface area contributed by atoms with Gasteiger partial charge in [0.05, 0.1) is 23.9 Å². The predicted octanol–water partition coefficient (Wildman–Crippen LogP) is 2.53. The fourth-order valence-corrected chi connectivity index (χ4v) is 3.50. The quantitative estimate of drug-likeness (QED) is 0.493. The average Bonchev–Trinajstić information content (AvgIpc) is 2.88.